The Hall–Kier alpha value is -2.82. The van der Waals surface area contributed by atoms with Gasteiger partial charge >= 0.3 is 0 Å². The zero-order chi connectivity index (χ0) is 22.2. The van der Waals surface area contributed by atoms with Crippen molar-refractivity contribution in [3.63, 3.8) is 0 Å². The Labute approximate surface area is 200 Å². The molecular weight excluding hydrogens is 523 g/mol. The number of halogens is 2. The molecule has 0 aliphatic carbocycles. The lowest BCUT2D eigenvalue weighted by Crippen LogP contribution is -2.13. The third kappa shape index (κ3) is 6.58. The molecule has 0 aromatic heterocycles. The molecule has 0 unspecified atom stereocenters. The van der Waals surface area contributed by atoms with Gasteiger partial charge in [-0.2, -0.15) is 5.26 Å². The lowest BCUT2D eigenvalue weighted by Gasteiger charge is -2.09. The summed E-state index contributed by atoms with van der Waals surface area (Å²) in [7, 11) is 0. The quantitative estimate of drug-likeness (QED) is 0.207. The average Bonchev–Trinajstić information content (AvgIpc) is 2.78. The molecule has 0 radical (unpaired) electrons. The maximum Gasteiger partial charge on any atom is 0.266 e. The third-order valence-corrected chi connectivity index (χ3v) is 5.65. The molecule has 0 bridgehead atoms. The summed E-state index contributed by atoms with van der Waals surface area (Å²) in [6.45, 7) is 2.49. The number of ether oxygens (including phenoxy) is 1. The van der Waals surface area contributed by atoms with E-state index in [0.717, 1.165) is 26.9 Å². The minimum Gasteiger partial charge on any atom is -0.488 e. The highest BCUT2D eigenvalue weighted by molar-refractivity contribution is 14.1. The average molecular weight is 543 g/mol. The van der Waals surface area contributed by atoms with Gasteiger partial charge in [0.25, 0.3) is 5.91 Å². The predicted octanol–water partition coefficient (Wildman–Crippen LogP) is 6.63. The SMILES string of the molecule is CCc1ccc(NC(=O)/C(C#N)=C/c2ccc(OCc3ccc(Cl)cc3)c(I)c2)cc1. The van der Waals surface area contributed by atoms with Crippen molar-refractivity contribution < 1.29 is 9.53 Å². The van der Waals surface area contributed by atoms with Crippen LogP contribution in [0.1, 0.15) is 23.6 Å². The number of aryl methyl sites for hydroxylation is 1. The van der Waals surface area contributed by atoms with Crippen LogP contribution in [0, 0.1) is 14.9 Å². The van der Waals surface area contributed by atoms with Gasteiger partial charge in [-0.15, -0.1) is 0 Å². The van der Waals surface area contributed by atoms with Crippen LogP contribution in [-0.4, -0.2) is 5.91 Å². The largest absolute Gasteiger partial charge is 0.488 e. The van der Waals surface area contributed by atoms with Gasteiger partial charge in [0.1, 0.15) is 24.0 Å². The Kier molecular flexibility index (Phi) is 8.10. The first-order valence-electron chi connectivity index (χ1n) is 9.67. The fourth-order valence-electron chi connectivity index (χ4n) is 2.80. The lowest BCUT2D eigenvalue weighted by atomic mass is 10.1. The molecule has 0 atom stereocenters. The highest BCUT2D eigenvalue weighted by Crippen LogP contribution is 2.25. The van der Waals surface area contributed by atoms with Gasteiger partial charge in [0.05, 0.1) is 3.57 Å². The van der Waals surface area contributed by atoms with Gasteiger partial charge in [0.15, 0.2) is 0 Å². The first kappa shape index (κ1) is 22.9. The molecule has 3 rings (SSSR count). The van der Waals surface area contributed by atoms with Crippen molar-refractivity contribution in [1.29, 1.82) is 5.26 Å². The minimum absolute atomic E-state index is 0.0326. The van der Waals surface area contributed by atoms with Crippen LogP contribution in [0.15, 0.2) is 72.3 Å². The summed E-state index contributed by atoms with van der Waals surface area (Å²) < 4.78 is 6.76. The highest BCUT2D eigenvalue weighted by atomic mass is 127. The second kappa shape index (κ2) is 11.0. The number of benzene rings is 3. The van der Waals surface area contributed by atoms with Crippen LogP contribution < -0.4 is 10.1 Å². The maximum atomic E-state index is 12.5. The second-order valence-electron chi connectivity index (χ2n) is 6.78. The molecule has 0 aliphatic rings. The molecule has 6 heteroatoms. The number of carbonyl (C=O) groups excluding carboxylic acids is 1. The van der Waals surface area contributed by atoms with Gasteiger partial charge < -0.3 is 10.1 Å². The standard InChI is InChI=1S/C25H20ClIN2O2/c1-2-17-5-10-22(11-6-17)29-25(30)20(15-28)13-19-7-12-24(23(27)14-19)31-16-18-3-8-21(26)9-4-18/h3-14H,2,16H2,1H3,(H,29,30)/b20-13+. The Bertz CT molecular complexity index is 1130. The number of carbonyl (C=O) groups is 1. The van der Waals surface area contributed by atoms with E-state index in [1.54, 1.807) is 6.08 Å². The molecule has 1 N–H and O–H groups in total. The number of nitriles is 1. The van der Waals surface area contributed by atoms with Gasteiger partial charge in [-0.25, -0.2) is 0 Å². The molecule has 0 saturated carbocycles. The molecule has 1 amide bonds. The first-order chi connectivity index (χ1) is 15.0. The van der Waals surface area contributed by atoms with Crippen LogP contribution in [-0.2, 0) is 17.8 Å². The summed E-state index contributed by atoms with van der Waals surface area (Å²) in [4.78, 5) is 12.5. The molecule has 0 aliphatic heterocycles. The number of amides is 1. The van der Waals surface area contributed by atoms with Crippen molar-refractivity contribution in [2.45, 2.75) is 20.0 Å². The van der Waals surface area contributed by atoms with E-state index in [-0.39, 0.29) is 5.57 Å². The topological polar surface area (TPSA) is 62.1 Å². The number of anilines is 1. The van der Waals surface area contributed by atoms with E-state index in [1.807, 2.05) is 72.8 Å². The van der Waals surface area contributed by atoms with E-state index in [4.69, 9.17) is 16.3 Å². The second-order valence-corrected chi connectivity index (χ2v) is 8.38. The summed E-state index contributed by atoms with van der Waals surface area (Å²) in [6.07, 6.45) is 2.50. The molecule has 3 aromatic carbocycles. The fourth-order valence-corrected chi connectivity index (χ4v) is 3.62. The number of nitrogens with zero attached hydrogens (tertiary/aromatic N) is 1. The summed E-state index contributed by atoms with van der Waals surface area (Å²) in [6, 6.07) is 22.6. The van der Waals surface area contributed by atoms with Gasteiger partial charge in [-0.3, -0.25) is 4.79 Å². The van der Waals surface area contributed by atoms with E-state index in [1.165, 1.54) is 5.56 Å². The van der Waals surface area contributed by atoms with Gasteiger partial charge in [0.2, 0.25) is 0 Å². The molecule has 31 heavy (non-hydrogen) atoms. The molecule has 3 aromatic rings. The van der Waals surface area contributed by atoms with Crippen LogP contribution in [0.5, 0.6) is 5.75 Å². The van der Waals surface area contributed by atoms with Crippen LogP contribution in [0.3, 0.4) is 0 Å². The van der Waals surface area contributed by atoms with E-state index < -0.39 is 5.91 Å². The molecule has 0 heterocycles. The zero-order valence-corrected chi connectivity index (χ0v) is 19.8. The van der Waals surface area contributed by atoms with Crippen molar-refractivity contribution in [2.24, 2.45) is 0 Å². The molecule has 0 spiro atoms. The van der Waals surface area contributed by atoms with Gasteiger partial charge in [0, 0.05) is 10.7 Å². The zero-order valence-electron chi connectivity index (χ0n) is 16.9. The maximum absolute atomic E-state index is 12.5. The summed E-state index contributed by atoms with van der Waals surface area (Å²) in [5, 5.41) is 12.9. The van der Waals surface area contributed by atoms with Crippen LogP contribution >= 0.6 is 34.2 Å². The van der Waals surface area contributed by atoms with Crippen LogP contribution in [0.4, 0.5) is 5.69 Å². The number of hydrogen-bond donors (Lipinski definition) is 1. The van der Waals surface area contributed by atoms with Crippen molar-refractivity contribution in [3.05, 3.63) is 97.6 Å². The highest BCUT2D eigenvalue weighted by Gasteiger charge is 2.11. The van der Waals surface area contributed by atoms with Crippen molar-refractivity contribution in [1.82, 2.24) is 0 Å². The predicted molar refractivity (Wildman–Crippen MR) is 133 cm³/mol. The third-order valence-electron chi connectivity index (χ3n) is 4.56. The van der Waals surface area contributed by atoms with Crippen molar-refractivity contribution in [3.8, 4) is 11.8 Å². The molecular formula is C25H20ClIN2O2. The Morgan fingerprint density at radius 2 is 1.77 bits per heavy atom. The van der Waals surface area contributed by atoms with E-state index in [0.29, 0.717) is 17.3 Å². The minimum atomic E-state index is -0.440. The Morgan fingerprint density at radius 3 is 2.39 bits per heavy atom. The van der Waals surface area contributed by atoms with Crippen LogP contribution in [0.2, 0.25) is 5.02 Å². The van der Waals surface area contributed by atoms with Crippen molar-refractivity contribution >= 4 is 51.9 Å². The van der Waals surface area contributed by atoms with E-state index >= 15 is 0 Å². The van der Waals surface area contributed by atoms with Gasteiger partial charge in [-0.1, -0.05) is 48.9 Å². The van der Waals surface area contributed by atoms with E-state index in [9.17, 15) is 10.1 Å². The van der Waals surface area contributed by atoms with E-state index in [2.05, 4.69) is 34.8 Å². The first-order valence-corrected chi connectivity index (χ1v) is 11.1. The Balaban J connectivity index is 1.68. The smallest absolute Gasteiger partial charge is 0.266 e. The summed E-state index contributed by atoms with van der Waals surface area (Å²) >= 11 is 8.08. The van der Waals surface area contributed by atoms with Crippen LogP contribution in [0.25, 0.3) is 6.08 Å². The molecule has 0 saturated heterocycles. The Morgan fingerprint density at radius 1 is 1.10 bits per heavy atom. The summed E-state index contributed by atoms with van der Waals surface area (Å²) in [5.74, 6) is 0.288. The number of hydrogen-bond acceptors (Lipinski definition) is 3. The van der Waals surface area contributed by atoms with Crippen molar-refractivity contribution in [2.75, 3.05) is 5.32 Å². The fraction of sp³-hybridized carbons (Fsp3) is 0.120. The summed E-state index contributed by atoms with van der Waals surface area (Å²) in [5.41, 5.74) is 3.63. The lowest BCUT2D eigenvalue weighted by molar-refractivity contribution is -0.112. The van der Waals surface area contributed by atoms with Gasteiger partial charge in [-0.05, 0) is 88.2 Å². The molecule has 4 nitrogen and oxygen atoms in total. The number of rotatable bonds is 7. The number of nitrogens with one attached hydrogen (secondary N) is 1. The normalized spacial score (nSPS) is 11.0. The monoisotopic (exact) mass is 542 g/mol. The molecule has 156 valence electrons. The molecule has 0 fully saturated rings.